The van der Waals surface area contributed by atoms with Crippen molar-refractivity contribution in [2.24, 2.45) is 5.92 Å². The van der Waals surface area contributed by atoms with E-state index in [-0.39, 0.29) is 0 Å². The molecule has 1 aliphatic rings. The van der Waals surface area contributed by atoms with Gasteiger partial charge in [-0.1, -0.05) is 6.07 Å². The van der Waals surface area contributed by atoms with Crippen molar-refractivity contribution in [1.29, 1.82) is 0 Å². The molecule has 1 aliphatic carbocycles. The van der Waals surface area contributed by atoms with Gasteiger partial charge in [-0.25, -0.2) is 0 Å². The molecule has 1 saturated carbocycles. The Balaban J connectivity index is 1.73. The lowest BCUT2D eigenvalue weighted by Crippen LogP contribution is -2.32. The van der Waals surface area contributed by atoms with Crippen molar-refractivity contribution in [2.75, 3.05) is 13.6 Å². The number of ketones is 1. The second-order valence-corrected chi connectivity index (χ2v) is 6.49. The van der Waals surface area contributed by atoms with Gasteiger partial charge in [-0.15, -0.1) is 11.3 Å². The first-order chi connectivity index (χ1) is 8.66. The summed E-state index contributed by atoms with van der Waals surface area (Å²) in [7, 11) is 2.18. The third kappa shape index (κ3) is 3.66. The molecule has 1 aromatic rings. The fraction of sp³-hybridized carbons (Fsp3) is 0.667. The molecular weight excluding hydrogens is 242 g/mol. The first-order valence-electron chi connectivity index (χ1n) is 6.92. The lowest BCUT2D eigenvalue weighted by molar-refractivity contribution is -0.120. The summed E-state index contributed by atoms with van der Waals surface area (Å²) in [4.78, 5) is 15.4. The second kappa shape index (κ2) is 6.48. The number of nitrogens with zero attached hydrogens (tertiary/aromatic N) is 1. The summed E-state index contributed by atoms with van der Waals surface area (Å²) in [5.41, 5.74) is 0. The second-order valence-electron chi connectivity index (χ2n) is 5.46. The van der Waals surface area contributed by atoms with E-state index in [0.717, 1.165) is 38.6 Å². The molecule has 2 rings (SSSR count). The number of carbonyl (C=O) groups is 1. The van der Waals surface area contributed by atoms with Gasteiger partial charge in [-0.3, -0.25) is 4.79 Å². The maximum Gasteiger partial charge on any atom is 0.136 e. The molecule has 0 spiro atoms. The Kier molecular flexibility index (Phi) is 4.95. The van der Waals surface area contributed by atoms with Crippen molar-refractivity contribution in [3.05, 3.63) is 22.4 Å². The topological polar surface area (TPSA) is 20.3 Å². The summed E-state index contributed by atoms with van der Waals surface area (Å²) < 4.78 is 0. The van der Waals surface area contributed by atoms with E-state index in [2.05, 4.69) is 36.4 Å². The van der Waals surface area contributed by atoms with Gasteiger partial charge >= 0.3 is 0 Å². The first-order valence-corrected chi connectivity index (χ1v) is 7.80. The molecule has 2 nitrogen and oxygen atoms in total. The molecule has 1 aromatic heterocycles. The molecule has 0 aliphatic heterocycles. The van der Waals surface area contributed by atoms with Crippen LogP contribution in [-0.4, -0.2) is 30.3 Å². The Morgan fingerprint density at radius 1 is 1.56 bits per heavy atom. The van der Waals surface area contributed by atoms with Crippen molar-refractivity contribution in [3.63, 3.8) is 0 Å². The molecule has 0 amide bonds. The Labute approximate surface area is 114 Å². The Hall–Kier alpha value is -0.670. The van der Waals surface area contributed by atoms with Crippen LogP contribution in [0, 0.1) is 5.92 Å². The molecule has 0 N–H and O–H groups in total. The highest BCUT2D eigenvalue weighted by Crippen LogP contribution is 2.24. The van der Waals surface area contributed by atoms with Crippen LogP contribution >= 0.6 is 11.3 Å². The van der Waals surface area contributed by atoms with Gasteiger partial charge in [0.15, 0.2) is 0 Å². The van der Waals surface area contributed by atoms with E-state index in [0.29, 0.717) is 17.7 Å². The molecule has 3 heteroatoms. The number of Topliss-reactive ketones (excluding diaryl/α,β-unsaturated/α-hetero) is 1. The van der Waals surface area contributed by atoms with Crippen LogP contribution in [0.3, 0.4) is 0 Å². The highest BCUT2D eigenvalue weighted by Gasteiger charge is 2.24. The summed E-state index contributed by atoms with van der Waals surface area (Å²) in [6.07, 6.45) is 5.21. The highest BCUT2D eigenvalue weighted by molar-refractivity contribution is 7.09. The van der Waals surface area contributed by atoms with Crippen LogP contribution < -0.4 is 0 Å². The van der Waals surface area contributed by atoms with Gasteiger partial charge in [0.2, 0.25) is 0 Å². The summed E-state index contributed by atoms with van der Waals surface area (Å²) in [6, 6.07) is 4.87. The van der Waals surface area contributed by atoms with Crippen molar-refractivity contribution < 1.29 is 4.79 Å². The molecule has 0 saturated heterocycles. The molecule has 18 heavy (non-hydrogen) atoms. The van der Waals surface area contributed by atoms with Gasteiger partial charge in [0.05, 0.1) is 0 Å². The van der Waals surface area contributed by atoms with E-state index in [1.54, 1.807) is 0 Å². The Morgan fingerprint density at radius 3 is 3.00 bits per heavy atom. The van der Waals surface area contributed by atoms with Crippen molar-refractivity contribution >= 4 is 17.1 Å². The minimum atomic E-state index is 0.349. The van der Waals surface area contributed by atoms with Gasteiger partial charge in [0.1, 0.15) is 5.78 Å². The fourth-order valence-electron chi connectivity index (χ4n) is 2.65. The average molecular weight is 265 g/mol. The average Bonchev–Trinajstić information content (AvgIpc) is 2.98. The quantitative estimate of drug-likeness (QED) is 0.786. The van der Waals surface area contributed by atoms with Crippen LogP contribution in [0.1, 0.15) is 37.5 Å². The normalized spacial score (nSPS) is 21.7. The molecule has 0 radical (unpaired) electrons. The van der Waals surface area contributed by atoms with Gasteiger partial charge in [0.25, 0.3) is 0 Å². The zero-order chi connectivity index (χ0) is 13.0. The summed E-state index contributed by atoms with van der Waals surface area (Å²) in [5, 5.41) is 2.14. The minimum Gasteiger partial charge on any atom is -0.303 e. The minimum absolute atomic E-state index is 0.349. The predicted octanol–water partition coefficient (Wildman–Crippen LogP) is 3.37. The smallest absolute Gasteiger partial charge is 0.136 e. The van der Waals surface area contributed by atoms with Gasteiger partial charge < -0.3 is 4.90 Å². The lowest BCUT2D eigenvalue weighted by atomic mass is 10.0. The molecule has 0 aromatic carbocycles. The SMILES string of the molecule is CC(Cc1cccs1)N(C)CCC1CCCC1=O. The number of likely N-dealkylation sites (N-methyl/N-ethyl adjacent to an activating group) is 1. The Morgan fingerprint density at radius 2 is 2.39 bits per heavy atom. The Bertz CT molecular complexity index is 374. The number of thiophene rings is 1. The van der Waals surface area contributed by atoms with Crippen molar-refractivity contribution in [2.45, 2.75) is 45.1 Å². The fourth-order valence-corrected chi connectivity index (χ4v) is 3.48. The predicted molar refractivity (Wildman–Crippen MR) is 77.1 cm³/mol. The van der Waals surface area contributed by atoms with E-state index >= 15 is 0 Å². The molecule has 1 fully saturated rings. The molecule has 1 heterocycles. The molecule has 100 valence electrons. The first kappa shape index (κ1) is 13.8. The maximum absolute atomic E-state index is 11.6. The van der Waals surface area contributed by atoms with Crippen LogP contribution in [0.15, 0.2) is 17.5 Å². The summed E-state index contributed by atoms with van der Waals surface area (Å²) in [5.74, 6) is 0.843. The van der Waals surface area contributed by atoms with E-state index in [1.165, 1.54) is 4.88 Å². The van der Waals surface area contributed by atoms with Gasteiger partial charge in [-0.05, 0) is 57.6 Å². The van der Waals surface area contributed by atoms with Crippen LogP contribution in [0.5, 0.6) is 0 Å². The lowest BCUT2D eigenvalue weighted by Gasteiger charge is -2.25. The highest BCUT2D eigenvalue weighted by atomic mass is 32.1. The monoisotopic (exact) mass is 265 g/mol. The zero-order valence-electron chi connectivity index (χ0n) is 11.4. The number of hydrogen-bond acceptors (Lipinski definition) is 3. The largest absolute Gasteiger partial charge is 0.303 e. The van der Waals surface area contributed by atoms with Crippen LogP contribution in [0.4, 0.5) is 0 Å². The maximum atomic E-state index is 11.6. The van der Waals surface area contributed by atoms with E-state index in [9.17, 15) is 4.79 Å². The molecule has 2 atom stereocenters. The standard InChI is InChI=1S/C15H23NOS/c1-12(11-14-6-4-10-18-14)16(2)9-8-13-5-3-7-15(13)17/h4,6,10,12-13H,3,5,7-9,11H2,1-2H3. The number of carbonyl (C=O) groups excluding carboxylic acids is 1. The molecular formula is C15H23NOS. The summed E-state index contributed by atoms with van der Waals surface area (Å²) in [6.45, 7) is 3.32. The van der Waals surface area contributed by atoms with E-state index < -0.39 is 0 Å². The van der Waals surface area contributed by atoms with Crippen molar-refractivity contribution in [1.82, 2.24) is 4.90 Å². The third-order valence-corrected chi connectivity index (χ3v) is 4.99. The molecule has 2 unspecified atom stereocenters. The number of hydrogen-bond donors (Lipinski definition) is 0. The van der Waals surface area contributed by atoms with Gasteiger partial charge in [-0.2, -0.15) is 0 Å². The third-order valence-electron chi connectivity index (χ3n) is 4.09. The molecule has 0 bridgehead atoms. The summed E-state index contributed by atoms with van der Waals surface area (Å²) >= 11 is 1.83. The van der Waals surface area contributed by atoms with E-state index in [1.807, 2.05) is 11.3 Å². The van der Waals surface area contributed by atoms with E-state index in [4.69, 9.17) is 0 Å². The van der Waals surface area contributed by atoms with Gasteiger partial charge in [0, 0.05) is 23.3 Å². The van der Waals surface area contributed by atoms with Crippen LogP contribution in [-0.2, 0) is 11.2 Å². The van der Waals surface area contributed by atoms with Crippen LogP contribution in [0.2, 0.25) is 0 Å². The van der Waals surface area contributed by atoms with Crippen molar-refractivity contribution in [3.8, 4) is 0 Å². The zero-order valence-corrected chi connectivity index (χ0v) is 12.2. The number of rotatable bonds is 6. The van der Waals surface area contributed by atoms with Crippen LogP contribution in [0.25, 0.3) is 0 Å².